The Balaban J connectivity index is 1.50. The molecule has 26 heavy (non-hydrogen) atoms. The molecule has 2 saturated heterocycles. The second-order valence-electron chi connectivity index (χ2n) is 7.05. The van der Waals surface area contributed by atoms with Crippen molar-refractivity contribution in [2.75, 3.05) is 19.7 Å². The lowest BCUT2D eigenvalue weighted by Gasteiger charge is -2.21. The van der Waals surface area contributed by atoms with Gasteiger partial charge in [-0.25, -0.2) is 9.48 Å². The molecule has 142 valence electrons. The van der Waals surface area contributed by atoms with Crippen molar-refractivity contribution in [3.63, 3.8) is 0 Å². The molecule has 1 atom stereocenters. The molecule has 0 spiro atoms. The maximum absolute atomic E-state index is 12.7. The van der Waals surface area contributed by atoms with Gasteiger partial charge in [0.2, 0.25) is 0 Å². The van der Waals surface area contributed by atoms with Crippen LogP contribution in [-0.2, 0) is 24.2 Å². The number of rotatable bonds is 6. The molecule has 2 fully saturated rings. The van der Waals surface area contributed by atoms with Crippen LogP contribution in [-0.4, -0.2) is 44.2 Å². The predicted octanol–water partition coefficient (Wildman–Crippen LogP) is 0.890. The molecule has 2 aliphatic heterocycles. The minimum Gasteiger partial charge on any atom is -0.368 e. The van der Waals surface area contributed by atoms with Crippen LogP contribution >= 0.6 is 0 Å². The van der Waals surface area contributed by atoms with Crippen molar-refractivity contribution in [3.8, 4) is 0 Å². The number of hydrogen-bond donors (Lipinski definition) is 1. The molecule has 0 aliphatic carbocycles. The monoisotopic (exact) mass is 362 g/mol. The highest BCUT2D eigenvalue weighted by atomic mass is 16.5. The normalized spacial score (nSPS) is 21.5. The molecule has 9 nitrogen and oxygen atoms in total. The third-order valence-corrected chi connectivity index (χ3v) is 5.23. The van der Waals surface area contributed by atoms with Gasteiger partial charge in [0.25, 0.3) is 5.89 Å². The molecule has 2 aliphatic rings. The lowest BCUT2D eigenvalue weighted by atomic mass is 9.94. The molecule has 0 unspecified atom stereocenters. The molecule has 0 amide bonds. The molecule has 1 N–H and O–H groups in total. The zero-order chi connectivity index (χ0) is 17.9. The highest BCUT2D eigenvalue weighted by Crippen LogP contribution is 2.26. The number of nitrogens with zero attached hydrogens (tertiary/aromatic N) is 5. The van der Waals surface area contributed by atoms with Crippen molar-refractivity contribution in [1.29, 1.82) is 0 Å². The molecule has 9 heteroatoms. The first-order valence-corrected chi connectivity index (χ1v) is 9.56. The van der Waals surface area contributed by atoms with E-state index in [1.807, 2.05) is 6.92 Å². The van der Waals surface area contributed by atoms with Gasteiger partial charge in [-0.05, 0) is 51.6 Å². The fourth-order valence-corrected chi connectivity index (χ4v) is 3.77. The van der Waals surface area contributed by atoms with Gasteiger partial charge < -0.3 is 14.6 Å². The molecule has 2 aromatic rings. The number of nitrogens with one attached hydrogen (secondary N) is 1. The summed E-state index contributed by atoms with van der Waals surface area (Å²) in [4.78, 5) is 17.1. The van der Waals surface area contributed by atoms with Crippen molar-refractivity contribution in [2.45, 2.75) is 58.2 Å². The van der Waals surface area contributed by atoms with Gasteiger partial charge >= 0.3 is 5.69 Å². The van der Waals surface area contributed by atoms with E-state index in [9.17, 15) is 4.79 Å². The van der Waals surface area contributed by atoms with Crippen molar-refractivity contribution >= 4 is 0 Å². The van der Waals surface area contributed by atoms with Gasteiger partial charge in [-0.15, -0.1) is 0 Å². The van der Waals surface area contributed by atoms with E-state index in [0.717, 1.165) is 57.6 Å². The van der Waals surface area contributed by atoms with Crippen LogP contribution in [0.1, 0.15) is 56.3 Å². The Bertz CT molecular complexity index is 783. The van der Waals surface area contributed by atoms with Gasteiger partial charge in [0.15, 0.2) is 5.82 Å². The smallest absolute Gasteiger partial charge is 0.346 e. The van der Waals surface area contributed by atoms with E-state index in [0.29, 0.717) is 24.2 Å². The first-order valence-electron chi connectivity index (χ1n) is 9.56. The Morgan fingerprint density at radius 2 is 2.12 bits per heavy atom. The topological polar surface area (TPSA) is 100 Å². The highest BCUT2D eigenvalue weighted by molar-refractivity contribution is 4.95. The Morgan fingerprint density at radius 1 is 1.27 bits per heavy atom. The summed E-state index contributed by atoms with van der Waals surface area (Å²) in [6.45, 7) is 5.62. The largest absolute Gasteiger partial charge is 0.368 e. The van der Waals surface area contributed by atoms with Crippen LogP contribution in [0.5, 0.6) is 0 Å². The van der Waals surface area contributed by atoms with E-state index < -0.39 is 0 Å². The zero-order valence-electron chi connectivity index (χ0n) is 15.2. The SMILES string of the molecule is CCn1c(CC2CCNCC2)nn(Cc2noc([C@H]3CCCO3)n2)c1=O. The number of piperidine rings is 1. The van der Waals surface area contributed by atoms with Crippen LogP contribution in [0.25, 0.3) is 0 Å². The van der Waals surface area contributed by atoms with Gasteiger partial charge in [0, 0.05) is 19.6 Å². The van der Waals surface area contributed by atoms with Crippen LogP contribution in [0.4, 0.5) is 0 Å². The van der Waals surface area contributed by atoms with Gasteiger partial charge in [0.1, 0.15) is 18.5 Å². The standard InChI is InChI=1S/C17H26N6O3/c1-2-22-15(10-12-5-7-18-8-6-12)20-23(17(22)24)11-14-19-16(26-21-14)13-4-3-9-25-13/h12-13,18H,2-11H2,1H3/t13-/m1/s1. The van der Waals surface area contributed by atoms with E-state index in [4.69, 9.17) is 9.26 Å². The summed E-state index contributed by atoms with van der Waals surface area (Å²) in [5.74, 6) is 2.39. The molecular formula is C17H26N6O3. The second-order valence-corrected chi connectivity index (χ2v) is 7.05. The van der Waals surface area contributed by atoms with Gasteiger partial charge in [-0.1, -0.05) is 5.16 Å². The maximum atomic E-state index is 12.7. The fourth-order valence-electron chi connectivity index (χ4n) is 3.77. The molecule has 0 radical (unpaired) electrons. The summed E-state index contributed by atoms with van der Waals surface area (Å²) in [5.41, 5.74) is -0.111. The van der Waals surface area contributed by atoms with Crippen LogP contribution in [0.3, 0.4) is 0 Å². The molecule has 0 bridgehead atoms. The van der Waals surface area contributed by atoms with Crippen molar-refractivity contribution in [3.05, 3.63) is 28.0 Å². The number of ether oxygens (including phenoxy) is 1. The summed E-state index contributed by atoms with van der Waals surface area (Å²) < 4.78 is 14.1. The molecule has 4 heterocycles. The van der Waals surface area contributed by atoms with Crippen LogP contribution in [0.15, 0.2) is 9.32 Å². The van der Waals surface area contributed by atoms with E-state index >= 15 is 0 Å². The molecular weight excluding hydrogens is 336 g/mol. The average molecular weight is 362 g/mol. The number of aromatic nitrogens is 5. The second kappa shape index (κ2) is 7.71. The number of hydrogen-bond acceptors (Lipinski definition) is 7. The lowest BCUT2D eigenvalue weighted by Crippen LogP contribution is -2.30. The minimum absolute atomic E-state index is 0.111. The third kappa shape index (κ3) is 3.59. The average Bonchev–Trinajstić information content (AvgIpc) is 3.38. The van der Waals surface area contributed by atoms with Crippen molar-refractivity contribution < 1.29 is 9.26 Å². The lowest BCUT2D eigenvalue weighted by molar-refractivity contribution is 0.0835. The summed E-state index contributed by atoms with van der Waals surface area (Å²) in [7, 11) is 0. The van der Waals surface area contributed by atoms with Gasteiger partial charge in [0.05, 0.1) is 0 Å². The highest BCUT2D eigenvalue weighted by Gasteiger charge is 2.25. The zero-order valence-corrected chi connectivity index (χ0v) is 15.2. The summed E-state index contributed by atoms with van der Waals surface area (Å²) in [6.07, 6.45) is 4.87. The Morgan fingerprint density at radius 3 is 2.85 bits per heavy atom. The maximum Gasteiger partial charge on any atom is 0.346 e. The summed E-state index contributed by atoms with van der Waals surface area (Å²) >= 11 is 0. The summed E-state index contributed by atoms with van der Waals surface area (Å²) in [6, 6.07) is 0. The van der Waals surface area contributed by atoms with E-state index in [2.05, 4.69) is 20.6 Å². The fraction of sp³-hybridized carbons (Fsp3) is 0.765. The van der Waals surface area contributed by atoms with Crippen LogP contribution < -0.4 is 11.0 Å². The molecule has 0 saturated carbocycles. The van der Waals surface area contributed by atoms with Gasteiger partial charge in [-0.3, -0.25) is 4.57 Å². The van der Waals surface area contributed by atoms with Crippen molar-refractivity contribution in [2.24, 2.45) is 5.92 Å². The Labute approximate surface area is 151 Å². The Hall–Kier alpha value is -2.00. The predicted molar refractivity (Wildman–Crippen MR) is 92.8 cm³/mol. The van der Waals surface area contributed by atoms with E-state index in [1.54, 1.807) is 4.57 Å². The molecule has 0 aromatic carbocycles. The van der Waals surface area contributed by atoms with Gasteiger partial charge in [-0.2, -0.15) is 10.1 Å². The van der Waals surface area contributed by atoms with Crippen LogP contribution in [0.2, 0.25) is 0 Å². The molecule has 2 aromatic heterocycles. The van der Waals surface area contributed by atoms with Crippen LogP contribution in [0, 0.1) is 5.92 Å². The van der Waals surface area contributed by atoms with E-state index in [1.165, 1.54) is 4.68 Å². The quantitative estimate of drug-likeness (QED) is 0.814. The first kappa shape index (κ1) is 17.4. The van der Waals surface area contributed by atoms with E-state index in [-0.39, 0.29) is 18.3 Å². The minimum atomic E-state index is -0.114. The van der Waals surface area contributed by atoms with Crippen molar-refractivity contribution in [1.82, 2.24) is 29.8 Å². The Kier molecular flexibility index (Phi) is 5.16. The third-order valence-electron chi connectivity index (χ3n) is 5.23. The molecule has 4 rings (SSSR count). The first-order chi connectivity index (χ1) is 12.7. The summed E-state index contributed by atoms with van der Waals surface area (Å²) in [5, 5.41) is 11.9.